The Bertz CT molecular complexity index is 828. The van der Waals surface area contributed by atoms with Crippen LogP contribution in [0.3, 0.4) is 0 Å². The maximum absolute atomic E-state index is 13.2. The van der Waals surface area contributed by atoms with Gasteiger partial charge in [-0.15, -0.1) is 0 Å². The average Bonchev–Trinajstić information content (AvgIpc) is 2.96. The molecule has 2 heterocycles. The van der Waals surface area contributed by atoms with Crippen LogP contribution in [0.4, 0.5) is 5.69 Å². The summed E-state index contributed by atoms with van der Waals surface area (Å²) in [6, 6.07) is 13.3. The standard InChI is InChI=1S/C21H24N2O3/c24-13-11-16-8-3-4-12-22(16)19-14-20(25)23(21(19)26)18-10-5-7-15-6-1-2-9-17(15)18/h1-2,5-7,9-10,16,19,24H,3-4,8,11-14H2. The summed E-state index contributed by atoms with van der Waals surface area (Å²) >= 11 is 0. The number of hydrogen-bond acceptors (Lipinski definition) is 4. The fourth-order valence-electron chi connectivity index (χ4n) is 4.42. The molecule has 2 atom stereocenters. The fourth-order valence-corrected chi connectivity index (χ4v) is 4.42. The molecule has 4 rings (SSSR count). The molecule has 5 heteroatoms. The number of benzene rings is 2. The summed E-state index contributed by atoms with van der Waals surface area (Å²) in [7, 11) is 0. The number of amides is 2. The SMILES string of the molecule is O=C1CC(N2CCCCC2CCO)C(=O)N1c1cccc2ccccc12. The van der Waals surface area contributed by atoms with Gasteiger partial charge in [-0.05, 0) is 37.3 Å². The van der Waals surface area contributed by atoms with Crippen molar-refractivity contribution in [1.82, 2.24) is 4.90 Å². The quantitative estimate of drug-likeness (QED) is 0.860. The van der Waals surface area contributed by atoms with Crippen LogP contribution in [0.2, 0.25) is 0 Å². The Morgan fingerprint density at radius 2 is 1.85 bits per heavy atom. The van der Waals surface area contributed by atoms with Crippen LogP contribution in [0, 0.1) is 0 Å². The second-order valence-electron chi connectivity index (χ2n) is 7.19. The predicted molar refractivity (Wildman–Crippen MR) is 101 cm³/mol. The largest absolute Gasteiger partial charge is 0.396 e. The van der Waals surface area contributed by atoms with E-state index in [9.17, 15) is 14.7 Å². The van der Waals surface area contributed by atoms with Gasteiger partial charge in [0.1, 0.15) is 0 Å². The molecule has 2 aromatic rings. The van der Waals surface area contributed by atoms with Crippen molar-refractivity contribution >= 4 is 28.3 Å². The Kier molecular flexibility index (Phi) is 4.74. The lowest BCUT2D eigenvalue weighted by Crippen LogP contribution is -2.50. The van der Waals surface area contributed by atoms with E-state index in [1.54, 1.807) is 0 Å². The molecule has 0 bridgehead atoms. The first-order valence-corrected chi connectivity index (χ1v) is 9.42. The van der Waals surface area contributed by atoms with Crippen molar-refractivity contribution in [1.29, 1.82) is 0 Å². The third-order valence-electron chi connectivity index (χ3n) is 5.67. The highest BCUT2D eigenvalue weighted by Gasteiger charge is 2.45. The van der Waals surface area contributed by atoms with E-state index in [0.29, 0.717) is 12.1 Å². The molecule has 0 saturated carbocycles. The third kappa shape index (κ3) is 2.91. The maximum atomic E-state index is 13.2. The third-order valence-corrected chi connectivity index (χ3v) is 5.67. The number of piperidine rings is 1. The molecule has 0 aliphatic carbocycles. The Morgan fingerprint density at radius 3 is 2.69 bits per heavy atom. The van der Waals surface area contributed by atoms with Gasteiger partial charge in [-0.25, -0.2) is 4.90 Å². The van der Waals surface area contributed by atoms with Gasteiger partial charge in [-0.2, -0.15) is 0 Å². The summed E-state index contributed by atoms with van der Waals surface area (Å²) in [6.45, 7) is 0.931. The van der Waals surface area contributed by atoms with Crippen molar-refractivity contribution in [2.75, 3.05) is 18.1 Å². The van der Waals surface area contributed by atoms with Crippen LogP contribution in [-0.2, 0) is 9.59 Å². The maximum Gasteiger partial charge on any atom is 0.251 e. The number of aliphatic hydroxyl groups is 1. The summed E-state index contributed by atoms with van der Waals surface area (Å²) in [5.74, 6) is -0.263. The van der Waals surface area contributed by atoms with E-state index < -0.39 is 6.04 Å². The van der Waals surface area contributed by atoms with Crippen LogP contribution in [0.25, 0.3) is 10.8 Å². The number of carbonyl (C=O) groups excluding carboxylic acids is 2. The number of fused-ring (bicyclic) bond motifs is 1. The molecule has 0 spiro atoms. The van der Waals surface area contributed by atoms with Crippen molar-refractivity contribution in [3.8, 4) is 0 Å². The van der Waals surface area contributed by atoms with Gasteiger partial charge in [0.2, 0.25) is 5.91 Å². The second kappa shape index (κ2) is 7.17. The minimum Gasteiger partial charge on any atom is -0.396 e. The molecule has 2 unspecified atom stereocenters. The summed E-state index contributed by atoms with van der Waals surface area (Å²) in [4.78, 5) is 29.5. The lowest BCUT2D eigenvalue weighted by molar-refractivity contribution is -0.123. The van der Waals surface area contributed by atoms with E-state index in [-0.39, 0.29) is 30.9 Å². The van der Waals surface area contributed by atoms with Gasteiger partial charge >= 0.3 is 0 Å². The van der Waals surface area contributed by atoms with Crippen LogP contribution >= 0.6 is 0 Å². The zero-order valence-electron chi connectivity index (χ0n) is 14.8. The minimum atomic E-state index is -0.404. The molecule has 2 saturated heterocycles. The van der Waals surface area contributed by atoms with Crippen LogP contribution in [0.5, 0.6) is 0 Å². The number of likely N-dealkylation sites (tertiary alicyclic amines) is 1. The molecule has 26 heavy (non-hydrogen) atoms. The van der Waals surface area contributed by atoms with Crippen LogP contribution in [0.1, 0.15) is 32.1 Å². The molecule has 2 aromatic carbocycles. The van der Waals surface area contributed by atoms with E-state index in [1.807, 2.05) is 42.5 Å². The normalized spacial score (nSPS) is 24.6. The van der Waals surface area contributed by atoms with Gasteiger partial charge in [0.25, 0.3) is 5.91 Å². The average molecular weight is 352 g/mol. The summed E-state index contributed by atoms with van der Waals surface area (Å²) in [5, 5.41) is 11.3. The summed E-state index contributed by atoms with van der Waals surface area (Å²) < 4.78 is 0. The number of carbonyl (C=O) groups is 2. The molecule has 2 fully saturated rings. The van der Waals surface area contributed by atoms with E-state index in [4.69, 9.17) is 0 Å². The molecule has 136 valence electrons. The van der Waals surface area contributed by atoms with Crippen LogP contribution < -0.4 is 4.90 Å². The number of rotatable bonds is 4. The number of imide groups is 1. The second-order valence-corrected chi connectivity index (χ2v) is 7.19. The first-order valence-electron chi connectivity index (χ1n) is 9.42. The number of hydrogen-bond donors (Lipinski definition) is 1. The van der Waals surface area contributed by atoms with Crippen molar-refractivity contribution in [3.05, 3.63) is 42.5 Å². The Hall–Kier alpha value is -2.24. The van der Waals surface area contributed by atoms with Crippen molar-refractivity contribution in [2.45, 2.75) is 44.2 Å². The van der Waals surface area contributed by atoms with Crippen molar-refractivity contribution in [2.24, 2.45) is 0 Å². The first-order chi connectivity index (χ1) is 12.7. The molecule has 0 aromatic heterocycles. The smallest absolute Gasteiger partial charge is 0.251 e. The number of aliphatic hydroxyl groups excluding tert-OH is 1. The lowest BCUT2D eigenvalue weighted by Gasteiger charge is -2.38. The van der Waals surface area contributed by atoms with E-state index in [2.05, 4.69) is 4.90 Å². The minimum absolute atomic E-state index is 0.114. The summed E-state index contributed by atoms with van der Waals surface area (Å²) in [5.41, 5.74) is 0.677. The van der Waals surface area contributed by atoms with Crippen molar-refractivity contribution < 1.29 is 14.7 Å². The van der Waals surface area contributed by atoms with Gasteiger partial charge in [-0.1, -0.05) is 42.8 Å². The number of anilines is 1. The van der Waals surface area contributed by atoms with E-state index in [0.717, 1.165) is 36.6 Å². The van der Waals surface area contributed by atoms with Gasteiger partial charge in [0.15, 0.2) is 0 Å². The van der Waals surface area contributed by atoms with Crippen LogP contribution in [-0.4, -0.2) is 47.1 Å². The highest BCUT2D eigenvalue weighted by Crippen LogP contribution is 2.34. The predicted octanol–water partition coefficient (Wildman–Crippen LogP) is 2.71. The molecule has 2 aliphatic heterocycles. The first kappa shape index (κ1) is 17.2. The van der Waals surface area contributed by atoms with Gasteiger partial charge < -0.3 is 5.11 Å². The molecule has 2 amide bonds. The monoisotopic (exact) mass is 352 g/mol. The molecular formula is C21H24N2O3. The van der Waals surface area contributed by atoms with Gasteiger partial charge in [-0.3, -0.25) is 14.5 Å². The molecule has 2 aliphatic rings. The molecule has 0 radical (unpaired) electrons. The highest BCUT2D eigenvalue weighted by molar-refractivity contribution is 6.25. The highest BCUT2D eigenvalue weighted by atomic mass is 16.3. The fraction of sp³-hybridized carbons (Fsp3) is 0.429. The molecule has 5 nitrogen and oxygen atoms in total. The zero-order chi connectivity index (χ0) is 18.1. The Morgan fingerprint density at radius 1 is 1.04 bits per heavy atom. The van der Waals surface area contributed by atoms with Gasteiger partial charge in [0, 0.05) is 18.0 Å². The Labute approximate surface area is 153 Å². The Balaban J connectivity index is 1.67. The molecule has 1 N–H and O–H groups in total. The molecular weight excluding hydrogens is 328 g/mol. The number of nitrogens with zero attached hydrogens (tertiary/aromatic N) is 2. The topological polar surface area (TPSA) is 60.9 Å². The summed E-state index contributed by atoms with van der Waals surface area (Å²) in [6.07, 6.45) is 4.01. The van der Waals surface area contributed by atoms with E-state index >= 15 is 0 Å². The van der Waals surface area contributed by atoms with Crippen molar-refractivity contribution in [3.63, 3.8) is 0 Å². The van der Waals surface area contributed by atoms with E-state index in [1.165, 1.54) is 4.90 Å². The van der Waals surface area contributed by atoms with Gasteiger partial charge in [0.05, 0.1) is 18.2 Å². The lowest BCUT2D eigenvalue weighted by atomic mass is 9.97. The zero-order valence-corrected chi connectivity index (χ0v) is 14.8. The van der Waals surface area contributed by atoms with Crippen LogP contribution in [0.15, 0.2) is 42.5 Å².